The van der Waals surface area contributed by atoms with Gasteiger partial charge in [0.1, 0.15) is 0 Å². The van der Waals surface area contributed by atoms with Crippen molar-refractivity contribution in [3.05, 3.63) is 11.7 Å². The summed E-state index contributed by atoms with van der Waals surface area (Å²) in [5.74, 6) is 1.49. The molecule has 0 amide bonds. The third-order valence-electron chi connectivity index (χ3n) is 2.88. The first-order valence-electron chi connectivity index (χ1n) is 5.71. The number of nitrogens with one attached hydrogen (secondary N) is 1. The van der Waals surface area contributed by atoms with Crippen molar-refractivity contribution in [2.75, 3.05) is 20.1 Å². The lowest BCUT2D eigenvalue weighted by Crippen LogP contribution is -2.55. The van der Waals surface area contributed by atoms with Gasteiger partial charge in [0, 0.05) is 24.5 Å². The van der Waals surface area contributed by atoms with Gasteiger partial charge in [-0.3, -0.25) is 4.90 Å². The lowest BCUT2D eigenvalue weighted by atomic mass is 9.97. The minimum Gasteiger partial charge on any atom is -0.339 e. The summed E-state index contributed by atoms with van der Waals surface area (Å²) in [5.41, 5.74) is -0.0676. The molecule has 1 aromatic rings. The zero-order chi connectivity index (χ0) is 11.8. The normalized spacial score (nSPS) is 17.8. The van der Waals surface area contributed by atoms with Crippen molar-refractivity contribution in [3.8, 4) is 0 Å². The summed E-state index contributed by atoms with van der Waals surface area (Å²) in [6.45, 7) is 9.09. The van der Waals surface area contributed by atoms with Crippen molar-refractivity contribution in [3.63, 3.8) is 0 Å². The summed E-state index contributed by atoms with van der Waals surface area (Å²) in [7, 11) is 2.10. The zero-order valence-electron chi connectivity index (χ0n) is 10.4. The molecule has 5 nitrogen and oxygen atoms in total. The Morgan fingerprint density at radius 3 is 2.56 bits per heavy atom. The second kappa shape index (κ2) is 4.14. The smallest absolute Gasteiger partial charge is 0.232 e. The number of likely N-dealkylation sites (N-methyl/N-ethyl adjacent to an activating group) is 1. The highest BCUT2D eigenvalue weighted by Crippen LogP contribution is 2.20. The van der Waals surface area contributed by atoms with Gasteiger partial charge in [0.05, 0.1) is 6.54 Å². The summed E-state index contributed by atoms with van der Waals surface area (Å²) in [6, 6.07) is 0.608. The van der Waals surface area contributed by atoms with E-state index < -0.39 is 0 Å². The van der Waals surface area contributed by atoms with Crippen molar-refractivity contribution < 1.29 is 4.52 Å². The summed E-state index contributed by atoms with van der Waals surface area (Å²) in [4.78, 5) is 6.68. The van der Waals surface area contributed by atoms with Gasteiger partial charge in [-0.1, -0.05) is 25.9 Å². The second-order valence-electron chi connectivity index (χ2n) is 5.49. The molecule has 0 radical (unpaired) electrons. The van der Waals surface area contributed by atoms with E-state index in [4.69, 9.17) is 4.52 Å². The Bertz CT molecular complexity index is 351. The maximum absolute atomic E-state index is 5.26. The molecule has 0 unspecified atom stereocenters. The van der Waals surface area contributed by atoms with Crippen molar-refractivity contribution in [1.29, 1.82) is 0 Å². The average Bonchev–Trinajstić information content (AvgIpc) is 2.47. The molecule has 1 aliphatic rings. The second-order valence-corrected chi connectivity index (χ2v) is 5.49. The quantitative estimate of drug-likeness (QED) is 0.822. The molecular weight excluding hydrogens is 204 g/mol. The predicted octanol–water partition coefficient (Wildman–Crippen LogP) is 0.771. The Balaban J connectivity index is 1.97. The molecule has 0 atom stereocenters. The van der Waals surface area contributed by atoms with Gasteiger partial charge < -0.3 is 9.84 Å². The van der Waals surface area contributed by atoms with E-state index in [1.807, 2.05) is 0 Å². The van der Waals surface area contributed by atoms with Crippen LogP contribution in [0.15, 0.2) is 4.52 Å². The first-order chi connectivity index (χ1) is 7.47. The number of hydrogen-bond donors (Lipinski definition) is 1. The lowest BCUT2D eigenvalue weighted by Gasteiger charge is -2.34. The molecule has 1 aromatic heterocycles. The van der Waals surface area contributed by atoms with Gasteiger partial charge in [0.25, 0.3) is 0 Å². The Morgan fingerprint density at radius 1 is 1.44 bits per heavy atom. The highest BCUT2D eigenvalue weighted by atomic mass is 16.5. The average molecular weight is 224 g/mol. The van der Waals surface area contributed by atoms with E-state index in [1.165, 1.54) is 0 Å². The minimum atomic E-state index is -0.0676. The first kappa shape index (κ1) is 11.5. The summed E-state index contributed by atoms with van der Waals surface area (Å²) < 4.78 is 5.26. The molecule has 0 aliphatic carbocycles. The molecule has 1 aliphatic heterocycles. The number of nitrogens with zero attached hydrogens (tertiary/aromatic N) is 3. The molecular formula is C11H20N4O. The van der Waals surface area contributed by atoms with Gasteiger partial charge >= 0.3 is 0 Å². The van der Waals surface area contributed by atoms with Crippen LogP contribution in [0.3, 0.4) is 0 Å². The monoisotopic (exact) mass is 224 g/mol. The maximum Gasteiger partial charge on any atom is 0.232 e. The van der Waals surface area contributed by atoms with Crippen LogP contribution in [0.5, 0.6) is 0 Å². The van der Waals surface area contributed by atoms with E-state index in [0.717, 1.165) is 25.5 Å². The van der Waals surface area contributed by atoms with Crippen LogP contribution in [-0.2, 0) is 12.0 Å². The number of aromatic nitrogens is 2. The highest BCUT2D eigenvalue weighted by Gasteiger charge is 2.25. The van der Waals surface area contributed by atoms with Crippen LogP contribution in [-0.4, -0.2) is 41.2 Å². The first-order valence-corrected chi connectivity index (χ1v) is 5.71. The zero-order valence-corrected chi connectivity index (χ0v) is 10.4. The lowest BCUT2D eigenvalue weighted by molar-refractivity contribution is 0.167. The molecule has 2 heterocycles. The maximum atomic E-state index is 5.26. The van der Waals surface area contributed by atoms with Crippen LogP contribution < -0.4 is 5.32 Å². The number of rotatable bonds is 3. The fourth-order valence-corrected chi connectivity index (χ4v) is 1.56. The van der Waals surface area contributed by atoms with Gasteiger partial charge in [-0.2, -0.15) is 4.98 Å². The fraction of sp³-hybridized carbons (Fsp3) is 0.818. The summed E-state index contributed by atoms with van der Waals surface area (Å²) >= 11 is 0. The van der Waals surface area contributed by atoms with Crippen molar-refractivity contribution in [2.24, 2.45) is 0 Å². The Hall–Kier alpha value is -0.940. The van der Waals surface area contributed by atoms with E-state index in [0.29, 0.717) is 11.9 Å². The molecule has 1 N–H and O–H groups in total. The fourth-order valence-electron chi connectivity index (χ4n) is 1.56. The van der Waals surface area contributed by atoms with Crippen molar-refractivity contribution >= 4 is 0 Å². The van der Waals surface area contributed by atoms with Crippen LogP contribution in [0.1, 0.15) is 32.5 Å². The van der Waals surface area contributed by atoms with Gasteiger partial charge in [0.2, 0.25) is 5.89 Å². The van der Waals surface area contributed by atoms with Crippen molar-refractivity contribution in [2.45, 2.75) is 38.8 Å². The largest absolute Gasteiger partial charge is 0.339 e. The molecule has 1 fully saturated rings. The van der Waals surface area contributed by atoms with Gasteiger partial charge in [-0.25, -0.2) is 0 Å². The van der Waals surface area contributed by atoms with Crippen LogP contribution in [0, 0.1) is 0 Å². The molecule has 0 bridgehead atoms. The topological polar surface area (TPSA) is 54.2 Å². The third kappa shape index (κ3) is 2.41. The Kier molecular flexibility index (Phi) is 2.99. The summed E-state index contributed by atoms with van der Waals surface area (Å²) in [5, 5.41) is 7.27. The highest BCUT2D eigenvalue weighted by molar-refractivity contribution is 4.98. The molecule has 90 valence electrons. The molecule has 1 saturated heterocycles. The van der Waals surface area contributed by atoms with Crippen LogP contribution in [0.25, 0.3) is 0 Å². The summed E-state index contributed by atoms with van der Waals surface area (Å²) in [6.07, 6.45) is 0. The standard InChI is InChI=1S/C11H20N4O/c1-11(2,3)10-13-9(14-16-10)7-15(4)8-5-12-6-8/h8,12H,5-7H2,1-4H3. The van der Waals surface area contributed by atoms with Gasteiger partial charge in [-0.15, -0.1) is 0 Å². The Morgan fingerprint density at radius 2 is 2.12 bits per heavy atom. The van der Waals surface area contributed by atoms with Crippen LogP contribution in [0.2, 0.25) is 0 Å². The molecule has 0 aromatic carbocycles. The molecule has 5 heteroatoms. The van der Waals surface area contributed by atoms with E-state index in [2.05, 4.69) is 48.2 Å². The van der Waals surface area contributed by atoms with E-state index in [9.17, 15) is 0 Å². The third-order valence-corrected chi connectivity index (χ3v) is 2.88. The van der Waals surface area contributed by atoms with E-state index in [1.54, 1.807) is 0 Å². The number of hydrogen-bond acceptors (Lipinski definition) is 5. The van der Waals surface area contributed by atoms with Crippen LogP contribution in [0.4, 0.5) is 0 Å². The molecule has 0 saturated carbocycles. The van der Waals surface area contributed by atoms with E-state index >= 15 is 0 Å². The minimum absolute atomic E-state index is 0.0676. The Labute approximate surface area is 96.2 Å². The van der Waals surface area contributed by atoms with Gasteiger partial charge in [0.15, 0.2) is 5.82 Å². The van der Waals surface area contributed by atoms with Gasteiger partial charge in [-0.05, 0) is 7.05 Å². The van der Waals surface area contributed by atoms with Crippen LogP contribution >= 0.6 is 0 Å². The van der Waals surface area contributed by atoms with Crippen molar-refractivity contribution in [1.82, 2.24) is 20.4 Å². The molecule has 0 spiro atoms. The SMILES string of the molecule is CN(Cc1noc(C(C)(C)C)n1)C1CNC1. The van der Waals surface area contributed by atoms with E-state index in [-0.39, 0.29) is 5.41 Å². The molecule has 16 heavy (non-hydrogen) atoms. The predicted molar refractivity (Wildman–Crippen MR) is 61.1 cm³/mol. The molecule has 2 rings (SSSR count).